The maximum absolute atomic E-state index is 5.32. The van der Waals surface area contributed by atoms with Crippen molar-refractivity contribution in [2.75, 3.05) is 0 Å². The third kappa shape index (κ3) is 3.40. The van der Waals surface area contributed by atoms with Crippen LogP contribution >= 0.6 is 0 Å². The highest BCUT2D eigenvalue weighted by Crippen LogP contribution is 2.19. The lowest BCUT2D eigenvalue weighted by atomic mass is 10.1. The largest absolute Gasteiger partial charge is 0.338 e. The summed E-state index contributed by atoms with van der Waals surface area (Å²) in [5.41, 5.74) is 2.14. The fourth-order valence-electron chi connectivity index (χ4n) is 2.30. The van der Waals surface area contributed by atoms with Gasteiger partial charge in [0.2, 0.25) is 11.7 Å². The van der Waals surface area contributed by atoms with Gasteiger partial charge in [-0.15, -0.1) is 0 Å². The number of aromatic nitrogens is 4. The highest BCUT2D eigenvalue weighted by molar-refractivity contribution is 5.58. The van der Waals surface area contributed by atoms with Crippen LogP contribution in [0.25, 0.3) is 11.4 Å². The van der Waals surface area contributed by atoms with Gasteiger partial charge < -0.3 is 14.4 Å². The molecular weight excluding hydrogens is 278 g/mol. The molecule has 0 saturated carbocycles. The quantitative estimate of drug-likeness (QED) is 0.756. The van der Waals surface area contributed by atoms with Gasteiger partial charge in [0.1, 0.15) is 0 Å². The molecule has 6 heteroatoms. The Kier molecular flexibility index (Phi) is 4.29. The molecule has 0 aliphatic heterocycles. The molecule has 114 valence electrons. The normalized spacial score (nSPS) is 12.5. The molecular formula is C16H19N5O. The van der Waals surface area contributed by atoms with Gasteiger partial charge in [-0.3, -0.25) is 0 Å². The molecule has 2 aromatic heterocycles. The molecule has 0 aliphatic rings. The van der Waals surface area contributed by atoms with Crippen molar-refractivity contribution < 1.29 is 4.52 Å². The van der Waals surface area contributed by atoms with Crippen molar-refractivity contribution in [2.45, 2.75) is 33.0 Å². The Morgan fingerprint density at radius 1 is 1.32 bits per heavy atom. The van der Waals surface area contributed by atoms with E-state index in [0.717, 1.165) is 17.7 Å². The number of hydrogen-bond acceptors (Lipinski definition) is 5. The number of imidazole rings is 1. The van der Waals surface area contributed by atoms with Crippen molar-refractivity contribution in [2.24, 2.45) is 0 Å². The second-order valence-corrected chi connectivity index (χ2v) is 5.37. The van der Waals surface area contributed by atoms with Gasteiger partial charge in [0.05, 0.1) is 12.9 Å². The Labute approximate surface area is 129 Å². The Morgan fingerprint density at radius 2 is 2.18 bits per heavy atom. The molecule has 0 radical (unpaired) electrons. The van der Waals surface area contributed by atoms with Crippen LogP contribution in [0.5, 0.6) is 0 Å². The summed E-state index contributed by atoms with van der Waals surface area (Å²) in [6.45, 7) is 5.54. The Balaban J connectivity index is 1.59. The molecule has 1 aromatic carbocycles. The molecule has 3 rings (SSSR count). The summed E-state index contributed by atoms with van der Waals surface area (Å²) in [4.78, 5) is 8.48. The molecule has 1 unspecified atom stereocenters. The molecule has 1 N–H and O–H groups in total. The molecule has 0 aliphatic carbocycles. The van der Waals surface area contributed by atoms with Gasteiger partial charge in [0.15, 0.2) is 0 Å². The first-order valence-corrected chi connectivity index (χ1v) is 7.30. The van der Waals surface area contributed by atoms with Gasteiger partial charge in [0.25, 0.3) is 0 Å². The first kappa shape index (κ1) is 14.5. The maximum Gasteiger partial charge on any atom is 0.240 e. The van der Waals surface area contributed by atoms with Crippen molar-refractivity contribution in [3.05, 3.63) is 54.4 Å². The third-order valence-electron chi connectivity index (χ3n) is 3.50. The lowest BCUT2D eigenvalue weighted by Gasteiger charge is -2.12. The van der Waals surface area contributed by atoms with E-state index in [1.165, 1.54) is 0 Å². The van der Waals surface area contributed by atoms with Crippen LogP contribution in [0.1, 0.15) is 18.4 Å². The molecule has 6 nitrogen and oxygen atoms in total. The molecule has 0 amide bonds. The predicted molar refractivity (Wildman–Crippen MR) is 83.0 cm³/mol. The van der Waals surface area contributed by atoms with Crippen molar-refractivity contribution in [1.82, 2.24) is 25.0 Å². The van der Waals surface area contributed by atoms with Crippen molar-refractivity contribution in [1.29, 1.82) is 0 Å². The second-order valence-electron chi connectivity index (χ2n) is 5.37. The number of nitrogens with zero attached hydrogens (tertiary/aromatic N) is 4. The number of hydrogen-bond donors (Lipinski definition) is 1. The van der Waals surface area contributed by atoms with Gasteiger partial charge in [-0.2, -0.15) is 4.98 Å². The second kappa shape index (κ2) is 6.53. The maximum atomic E-state index is 5.32. The smallest absolute Gasteiger partial charge is 0.240 e. The fraction of sp³-hybridized carbons (Fsp3) is 0.312. The fourth-order valence-corrected chi connectivity index (χ4v) is 2.30. The lowest BCUT2D eigenvalue weighted by molar-refractivity contribution is 0.353. The van der Waals surface area contributed by atoms with Crippen molar-refractivity contribution >= 4 is 0 Å². The van der Waals surface area contributed by atoms with Crippen molar-refractivity contribution in [3.8, 4) is 11.4 Å². The zero-order valence-corrected chi connectivity index (χ0v) is 12.7. The van der Waals surface area contributed by atoms with Gasteiger partial charge in [0, 0.05) is 30.5 Å². The number of nitrogens with one attached hydrogen (secondary N) is 1. The van der Waals surface area contributed by atoms with E-state index in [1.54, 1.807) is 12.5 Å². The van der Waals surface area contributed by atoms with E-state index in [9.17, 15) is 0 Å². The molecule has 22 heavy (non-hydrogen) atoms. The van der Waals surface area contributed by atoms with Gasteiger partial charge >= 0.3 is 0 Å². The third-order valence-corrected chi connectivity index (χ3v) is 3.50. The van der Waals surface area contributed by atoms with Crippen LogP contribution in [0.3, 0.4) is 0 Å². The van der Waals surface area contributed by atoms with Crippen LogP contribution in [0.15, 0.2) is 47.5 Å². The highest BCUT2D eigenvalue weighted by Gasteiger charge is 2.11. The average molecular weight is 297 g/mol. The SMILES string of the molecule is Cc1ccccc1-c1noc(CNC(C)Cn2ccnc2)n1. The van der Waals surface area contributed by atoms with E-state index in [-0.39, 0.29) is 6.04 Å². The Bertz CT molecular complexity index is 720. The monoisotopic (exact) mass is 297 g/mol. The van der Waals surface area contributed by atoms with Crippen molar-refractivity contribution in [3.63, 3.8) is 0 Å². The molecule has 0 bridgehead atoms. The zero-order chi connectivity index (χ0) is 15.4. The Morgan fingerprint density at radius 3 is 2.95 bits per heavy atom. The van der Waals surface area contributed by atoms with Crippen LogP contribution in [0.4, 0.5) is 0 Å². The van der Waals surface area contributed by atoms with Crippen LogP contribution in [-0.4, -0.2) is 25.7 Å². The van der Waals surface area contributed by atoms with Gasteiger partial charge in [-0.05, 0) is 19.4 Å². The van der Waals surface area contributed by atoms with E-state index in [4.69, 9.17) is 4.52 Å². The highest BCUT2D eigenvalue weighted by atomic mass is 16.5. The van der Waals surface area contributed by atoms with Crippen LogP contribution < -0.4 is 5.32 Å². The van der Waals surface area contributed by atoms with E-state index in [1.807, 2.05) is 42.0 Å². The Hall–Kier alpha value is -2.47. The summed E-state index contributed by atoms with van der Waals surface area (Å²) in [5.74, 6) is 1.23. The molecule has 2 heterocycles. The van der Waals surface area contributed by atoms with Crippen LogP contribution in [0.2, 0.25) is 0 Å². The minimum atomic E-state index is 0.281. The molecule has 0 fully saturated rings. The number of aryl methyl sites for hydroxylation is 1. The van der Waals surface area contributed by atoms with E-state index < -0.39 is 0 Å². The summed E-state index contributed by atoms with van der Waals surface area (Å²) in [6, 6.07) is 8.29. The molecule has 3 aromatic rings. The standard InChI is InChI=1S/C16H19N5O/c1-12-5-3-4-6-14(12)16-19-15(22-20-16)9-18-13(2)10-21-8-7-17-11-21/h3-8,11,13,18H,9-10H2,1-2H3. The minimum absolute atomic E-state index is 0.281. The molecule has 0 spiro atoms. The predicted octanol–water partition coefficient (Wildman–Crippen LogP) is 2.42. The van der Waals surface area contributed by atoms with E-state index in [0.29, 0.717) is 18.3 Å². The first-order chi connectivity index (χ1) is 10.7. The summed E-state index contributed by atoms with van der Waals surface area (Å²) in [7, 11) is 0. The summed E-state index contributed by atoms with van der Waals surface area (Å²) < 4.78 is 7.35. The number of rotatable bonds is 6. The zero-order valence-electron chi connectivity index (χ0n) is 12.7. The number of benzene rings is 1. The van der Waals surface area contributed by atoms with E-state index in [2.05, 4.69) is 27.4 Å². The summed E-state index contributed by atoms with van der Waals surface area (Å²) in [6.07, 6.45) is 5.53. The summed E-state index contributed by atoms with van der Waals surface area (Å²) >= 11 is 0. The average Bonchev–Trinajstić information content (AvgIpc) is 3.17. The minimum Gasteiger partial charge on any atom is -0.338 e. The van der Waals surface area contributed by atoms with Gasteiger partial charge in [-0.25, -0.2) is 4.98 Å². The molecule has 1 atom stereocenters. The topological polar surface area (TPSA) is 68.8 Å². The van der Waals surface area contributed by atoms with Crippen LogP contribution in [-0.2, 0) is 13.1 Å². The van der Waals surface area contributed by atoms with E-state index >= 15 is 0 Å². The van der Waals surface area contributed by atoms with Crippen LogP contribution in [0, 0.1) is 6.92 Å². The first-order valence-electron chi connectivity index (χ1n) is 7.30. The molecule has 0 saturated heterocycles. The van der Waals surface area contributed by atoms with Gasteiger partial charge in [-0.1, -0.05) is 29.4 Å². The summed E-state index contributed by atoms with van der Waals surface area (Å²) in [5, 5.41) is 7.43. The lowest BCUT2D eigenvalue weighted by Crippen LogP contribution is -2.29.